The van der Waals surface area contributed by atoms with E-state index in [1.54, 1.807) is 19.1 Å². The zero-order chi connectivity index (χ0) is 15.1. The molecule has 1 amide bonds. The van der Waals surface area contributed by atoms with E-state index in [2.05, 4.69) is 0 Å². The molecule has 0 heterocycles. The van der Waals surface area contributed by atoms with Crippen LogP contribution in [0.15, 0.2) is 54.6 Å². The van der Waals surface area contributed by atoms with Crippen LogP contribution in [-0.2, 0) is 4.79 Å². The lowest BCUT2D eigenvalue weighted by Gasteiger charge is -2.17. The summed E-state index contributed by atoms with van der Waals surface area (Å²) < 4.78 is 10.6. The van der Waals surface area contributed by atoms with Gasteiger partial charge in [0.1, 0.15) is 11.5 Å². The standard InChI is InChI=1S/C17H19NO3/c1-18(14-6-4-3-5-7-14)17(19)12-13-21-16-10-8-15(20-2)9-11-16/h3-11H,12-13H2,1-2H3. The van der Waals surface area contributed by atoms with E-state index in [0.29, 0.717) is 13.0 Å². The molecule has 0 radical (unpaired) electrons. The molecule has 2 rings (SSSR count). The van der Waals surface area contributed by atoms with E-state index in [1.807, 2.05) is 54.6 Å². The van der Waals surface area contributed by atoms with Crippen molar-refractivity contribution in [2.45, 2.75) is 6.42 Å². The number of benzene rings is 2. The Morgan fingerprint density at radius 2 is 1.62 bits per heavy atom. The van der Waals surface area contributed by atoms with Gasteiger partial charge < -0.3 is 14.4 Å². The van der Waals surface area contributed by atoms with Gasteiger partial charge in [-0.25, -0.2) is 0 Å². The van der Waals surface area contributed by atoms with Crippen LogP contribution in [0.1, 0.15) is 6.42 Å². The second-order valence-corrected chi connectivity index (χ2v) is 4.56. The molecule has 0 saturated carbocycles. The third kappa shape index (κ3) is 4.24. The predicted molar refractivity (Wildman–Crippen MR) is 83.0 cm³/mol. The Bertz CT molecular complexity index is 566. The quantitative estimate of drug-likeness (QED) is 0.818. The van der Waals surface area contributed by atoms with Gasteiger partial charge in [-0.2, -0.15) is 0 Å². The monoisotopic (exact) mass is 285 g/mol. The molecule has 2 aromatic rings. The fourth-order valence-electron chi connectivity index (χ4n) is 1.89. The lowest BCUT2D eigenvalue weighted by Crippen LogP contribution is -2.27. The first-order valence-corrected chi connectivity index (χ1v) is 6.79. The molecular formula is C17H19NO3. The summed E-state index contributed by atoms with van der Waals surface area (Å²) in [5, 5.41) is 0. The highest BCUT2D eigenvalue weighted by Gasteiger charge is 2.10. The second-order valence-electron chi connectivity index (χ2n) is 4.56. The van der Waals surface area contributed by atoms with Crippen LogP contribution >= 0.6 is 0 Å². The maximum atomic E-state index is 12.1. The van der Waals surface area contributed by atoms with Gasteiger partial charge in [0.15, 0.2) is 0 Å². The number of methoxy groups -OCH3 is 1. The lowest BCUT2D eigenvalue weighted by atomic mass is 10.3. The van der Waals surface area contributed by atoms with Gasteiger partial charge in [0, 0.05) is 12.7 Å². The first-order valence-electron chi connectivity index (χ1n) is 6.79. The van der Waals surface area contributed by atoms with Crippen molar-refractivity contribution in [3.05, 3.63) is 54.6 Å². The average molecular weight is 285 g/mol. The van der Waals surface area contributed by atoms with E-state index < -0.39 is 0 Å². The third-order valence-electron chi connectivity index (χ3n) is 3.16. The lowest BCUT2D eigenvalue weighted by molar-refractivity contribution is -0.118. The molecule has 0 N–H and O–H groups in total. The van der Waals surface area contributed by atoms with Crippen LogP contribution in [0.4, 0.5) is 5.69 Å². The molecular weight excluding hydrogens is 266 g/mol. The maximum absolute atomic E-state index is 12.1. The molecule has 110 valence electrons. The topological polar surface area (TPSA) is 38.8 Å². The molecule has 0 saturated heterocycles. The largest absolute Gasteiger partial charge is 0.497 e. The molecule has 4 nitrogen and oxygen atoms in total. The number of carbonyl (C=O) groups excluding carboxylic acids is 1. The van der Waals surface area contributed by atoms with Crippen LogP contribution in [0.3, 0.4) is 0 Å². The van der Waals surface area contributed by atoms with E-state index in [9.17, 15) is 4.79 Å². The second kappa shape index (κ2) is 7.33. The van der Waals surface area contributed by atoms with Crippen LogP contribution in [0.5, 0.6) is 11.5 Å². The number of carbonyl (C=O) groups is 1. The highest BCUT2D eigenvalue weighted by molar-refractivity contribution is 5.92. The van der Waals surface area contributed by atoms with Crippen molar-refractivity contribution in [2.75, 3.05) is 25.7 Å². The van der Waals surface area contributed by atoms with Crippen LogP contribution < -0.4 is 14.4 Å². The fraction of sp³-hybridized carbons (Fsp3) is 0.235. The zero-order valence-electron chi connectivity index (χ0n) is 12.3. The Kier molecular flexibility index (Phi) is 5.21. The number of anilines is 1. The van der Waals surface area contributed by atoms with E-state index in [1.165, 1.54) is 0 Å². The number of hydrogen-bond donors (Lipinski definition) is 0. The predicted octanol–water partition coefficient (Wildman–Crippen LogP) is 3.13. The maximum Gasteiger partial charge on any atom is 0.230 e. The SMILES string of the molecule is COc1ccc(OCCC(=O)N(C)c2ccccc2)cc1. The average Bonchev–Trinajstić information content (AvgIpc) is 2.55. The van der Waals surface area contributed by atoms with Crippen molar-refractivity contribution in [2.24, 2.45) is 0 Å². The Balaban J connectivity index is 1.81. The summed E-state index contributed by atoms with van der Waals surface area (Å²) in [6, 6.07) is 16.9. The van der Waals surface area contributed by atoms with Gasteiger partial charge in [-0.3, -0.25) is 4.79 Å². The van der Waals surface area contributed by atoms with Gasteiger partial charge in [-0.05, 0) is 36.4 Å². The van der Waals surface area contributed by atoms with Crippen molar-refractivity contribution < 1.29 is 14.3 Å². The summed E-state index contributed by atoms with van der Waals surface area (Å²) in [5.74, 6) is 1.53. The minimum atomic E-state index is 0.0229. The van der Waals surface area contributed by atoms with Crippen molar-refractivity contribution in [3.63, 3.8) is 0 Å². The third-order valence-corrected chi connectivity index (χ3v) is 3.16. The minimum Gasteiger partial charge on any atom is -0.497 e. The van der Waals surface area contributed by atoms with E-state index in [4.69, 9.17) is 9.47 Å². The molecule has 0 unspecified atom stereocenters. The van der Waals surface area contributed by atoms with Gasteiger partial charge in [0.2, 0.25) is 5.91 Å². The summed E-state index contributed by atoms with van der Waals surface area (Å²) in [7, 11) is 3.39. The zero-order valence-corrected chi connectivity index (χ0v) is 12.3. The Labute approximate surface area is 124 Å². The summed E-state index contributed by atoms with van der Waals surface area (Å²) in [5.41, 5.74) is 0.881. The van der Waals surface area contributed by atoms with E-state index in [0.717, 1.165) is 17.2 Å². The molecule has 4 heteroatoms. The first-order chi connectivity index (χ1) is 10.2. The van der Waals surface area contributed by atoms with Gasteiger partial charge in [-0.15, -0.1) is 0 Å². The summed E-state index contributed by atoms with van der Waals surface area (Å²) >= 11 is 0. The number of amides is 1. The molecule has 0 fully saturated rings. The van der Waals surface area contributed by atoms with Crippen molar-refractivity contribution in [3.8, 4) is 11.5 Å². The summed E-state index contributed by atoms with van der Waals surface area (Å²) in [4.78, 5) is 13.7. The van der Waals surface area contributed by atoms with E-state index >= 15 is 0 Å². The first kappa shape index (κ1) is 14.9. The number of rotatable bonds is 6. The highest BCUT2D eigenvalue weighted by Crippen LogP contribution is 2.17. The molecule has 0 aromatic heterocycles. The van der Waals surface area contributed by atoms with Crippen LogP contribution in [0.25, 0.3) is 0 Å². The smallest absolute Gasteiger partial charge is 0.230 e. The van der Waals surface area contributed by atoms with Crippen LogP contribution in [0.2, 0.25) is 0 Å². The molecule has 2 aromatic carbocycles. The minimum absolute atomic E-state index is 0.0229. The number of nitrogens with zero attached hydrogens (tertiary/aromatic N) is 1. The molecule has 0 aliphatic heterocycles. The fourth-order valence-corrected chi connectivity index (χ4v) is 1.89. The van der Waals surface area contributed by atoms with Gasteiger partial charge in [0.05, 0.1) is 20.1 Å². The van der Waals surface area contributed by atoms with Crippen molar-refractivity contribution in [1.82, 2.24) is 0 Å². The van der Waals surface area contributed by atoms with E-state index in [-0.39, 0.29) is 5.91 Å². The van der Waals surface area contributed by atoms with Gasteiger partial charge in [-0.1, -0.05) is 18.2 Å². The molecule has 0 aliphatic carbocycles. The molecule has 0 bridgehead atoms. The number of ether oxygens (including phenoxy) is 2. The van der Waals surface area contributed by atoms with Gasteiger partial charge >= 0.3 is 0 Å². The Morgan fingerprint density at radius 3 is 2.24 bits per heavy atom. The summed E-state index contributed by atoms with van der Waals surface area (Å²) in [6.07, 6.45) is 0.331. The highest BCUT2D eigenvalue weighted by atomic mass is 16.5. The van der Waals surface area contributed by atoms with Crippen molar-refractivity contribution >= 4 is 11.6 Å². The summed E-state index contributed by atoms with van der Waals surface area (Å²) in [6.45, 7) is 0.350. The molecule has 0 aliphatic rings. The van der Waals surface area contributed by atoms with Crippen LogP contribution in [0, 0.1) is 0 Å². The Morgan fingerprint density at radius 1 is 1.00 bits per heavy atom. The van der Waals surface area contributed by atoms with Crippen LogP contribution in [-0.4, -0.2) is 26.7 Å². The molecule has 0 spiro atoms. The van der Waals surface area contributed by atoms with Gasteiger partial charge in [0.25, 0.3) is 0 Å². The normalized spacial score (nSPS) is 10.0. The number of hydrogen-bond acceptors (Lipinski definition) is 3. The molecule has 0 atom stereocenters. The number of para-hydroxylation sites is 1. The Hall–Kier alpha value is -2.49. The molecule has 21 heavy (non-hydrogen) atoms. The van der Waals surface area contributed by atoms with Crippen molar-refractivity contribution in [1.29, 1.82) is 0 Å².